The molecular formula is C27H37N3O4S. The number of ketones is 1. The number of carbonyl (C=O) groups excluding carboxylic acids is 1. The number of benzene rings is 2. The Labute approximate surface area is 209 Å². The van der Waals surface area contributed by atoms with Gasteiger partial charge in [-0.1, -0.05) is 31.2 Å². The highest BCUT2D eigenvalue weighted by Gasteiger charge is 2.29. The van der Waals surface area contributed by atoms with Crippen LogP contribution in [0.4, 0.5) is 0 Å². The molecule has 8 heteroatoms. The number of sulfonamides is 1. The predicted octanol–water partition coefficient (Wildman–Crippen LogP) is 3.73. The quantitative estimate of drug-likeness (QED) is 0.502. The van der Waals surface area contributed by atoms with Crippen LogP contribution in [0.25, 0.3) is 0 Å². The third kappa shape index (κ3) is 6.30. The first kappa shape index (κ1) is 25.8. The molecule has 0 saturated carbocycles. The molecule has 0 aromatic heterocycles. The molecule has 7 nitrogen and oxygen atoms in total. The molecule has 2 aliphatic rings. The van der Waals surface area contributed by atoms with Crippen molar-refractivity contribution in [3.8, 4) is 5.75 Å². The summed E-state index contributed by atoms with van der Waals surface area (Å²) < 4.78 is 33.1. The van der Waals surface area contributed by atoms with Crippen LogP contribution in [0, 0.1) is 5.92 Å². The fourth-order valence-corrected chi connectivity index (χ4v) is 6.48. The minimum atomic E-state index is -3.58. The van der Waals surface area contributed by atoms with Crippen molar-refractivity contribution in [2.75, 3.05) is 46.4 Å². The molecule has 4 rings (SSSR count). The van der Waals surface area contributed by atoms with Crippen molar-refractivity contribution in [2.45, 2.75) is 43.5 Å². The van der Waals surface area contributed by atoms with E-state index in [1.165, 1.54) is 24.5 Å². The molecule has 0 aliphatic carbocycles. The van der Waals surface area contributed by atoms with Gasteiger partial charge in [-0.3, -0.25) is 9.69 Å². The number of ether oxygens (including phenoxy) is 1. The fourth-order valence-electron chi connectivity index (χ4n) is 4.97. The molecule has 190 valence electrons. The first-order valence-electron chi connectivity index (χ1n) is 12.6. The summed E-state index contributed by atoms with van der Waals surface area (Å²) in [6.45, 7) is 6.11. The molecule has 2 saturated heterocycles. The highest BCUT2D eigenvalue weighted by atomic mass is 32.2. The topological polar surface area (TPSA) is 78.9 Å². The maximum Gasteiger partial charge on any atom is 0.243 e. The van der Waals surface area contributed by atoms with Crippen molar-refractivity contribution in [1.82, 2.24) is 14.5 Å². The predicted molar refractivity (Wildman–Crippen MR) is 137 cm³/mol. The van der Waals surface area contributed by atoms with Gasteiger partial charge in [-0.15, -0.1) is 0 Å². The van der Waals surface area contributed by atoms with Crippen molar-refractivity contribution >= 4 is 15.8 Å². The molecule has 0 amide bonds. The number of nitrogens with one attached hydrogen (secondary N) is 1. The summed E-state index contributed by atoms with van der Waals surface area (Å²) in [4.78, 5) is 15.6. The van der Waals surface area contributed by atoms with Crippen LogP contribution in [0.15, 0.2) is 53.4 Å². The Bertz CT molecular complexity index is 1090. The normalized spacial score (nSPS) is 19.0. The van der Waals surface area contributed by atoms with Crippen LogP contribution in [-0.2, 0) is 10.0 Å². The Kier molecular flexibility index (Phi) is 8.59. The first-order valence-corrected chi connectivity index (χ1v) is 14.0. The Hall–Kier alpha value is -2.26. The van der Waals surface area contributed by atoms with Crippen LogP contribution < -0.4 is 10.1 Å². The SMILES string of the molecule is COc1ccc(C(CNCC(=O)c2cccc(S(=O)(=O)N3CCC(C)CC3)c2)N2CCCC2)cc1. The zero-order valence-corrected chi connectivity index (χ0v) is 21.6. The highest BCUT2D eigenvalue weighted by Crippen LogP contribution is 2.27. The molecule has 1 unspecified atom stereocenters. The molecule has 0 radical (unpaired) electrons. The van der Waals surface area contributed by atoms with E-state index < -0.39 is 10.0 Å². The summed E-state index contributed by atoms with van der Waals surface area (Å²) in [5.74, 6) is 1.26. The number of carbonyl (C=O) groups is 1. The molecule has 2 aliphatic heterocycles. The Morgan fingerprint density at radius 1 is 1.06 bits per heavy atom. The zero-order valence-electron chi connectivity index (χ0n) is 20.8. The molecule has 0 spiro atoms. The molecule has 1 atom stereocenters. The number of likely N-dealkylation sites (tertiary alicyclic amines) is 1. The standard InChI is InChI=1S/C27H37N3O4S/c1-21-12-16-30(17-13-21)35(32,33)25-7-5-6-23(18-25)27(31)20-28-19-26(29-14-3-4-15-29)22-8-10-24(34-2)11-9-22/h5-11,18,21,26,28H,3-4,12-17,19-20H2,1-2H3. The Balaban J connectivity index is 1.40. The smallest absolute Gasteiger partial charge is 0.243 e. The number of Topliss-reactive ketones (excluding diaryl/α,β-unsaturated/α-hetero) is 1. The van der Waals surface area contributed by atoms with E-state index in [4.69, 9.17) is 4.74 Å². The van der Waals surface area contributed by atoms with Crippen molar-refractivity contribution in [1.29, 1.82) is 0 Å². The summed E-state index contributed by atoms with van der Waals surface area (Å²) in [6, 6.07) is 14.8. The monoisotopic (exact) mass is 499 g/mol. The first-order chi connectivity index (χ1) is 16.9. The second kappa shape index (κ2) is 11.6. The fraction of sp³-hybridized carbons (Fsp3) is 0.519. The summed E-state index contributed by atoms with van der Waals surface area (Å²) in [5.41, 5.74) is 1.61. The zero-order chi connectivity index (χ0) is 24.8. The van der Waals surface area contributed by atoms with E-state index in [-0.39, 0.29) is 23.3 Å². The van der Waals surface area contributed by atoms with Crippen LogP contribution in [0.1, 0.15) is 54.6 Å². The molecule has 2 fully saturated rings. The minimum Gasteiger partial charge on any atom is -0.497 e. The molecule has 2 aromatic carbocycles. The van der Waals surface area contributed by atoms with Crippen LogP contribution in [0.5, 0.6) is 5.75 Å². The van der Waals surface area contributed by atoms with Gasteiger partial charge in [0, 0.05) is 31.2 Å². The van der Waals surface area contributed by atoms with Crippen LogP contribution in [0.2, 0.25) is 0 Å². The Morgan fingerprint density at radius 3 is 2.40 bits per heavy atom. The Morgan fingerprint density at radius 2 is 1.74 bits per heavy atom. The highest BCUT2D eigenvalue weighted by molar-refractivity contribution is 7.89. The van der Waals surface area contributed by atoms with Crippen LogP contribution in [-0.4, -0.2) is 69.8 Å². The van der Waals surface area contributed by atoms with Gasteiger partial charge < -0.3 is 10.1 Å². The average molecular weight is 500 g/mol. The lowest BCUT2D eigenvalue weighted by Crippen LogP contribution is -2.38. The molecule has 0 bridgehead atoms. The average Bonchev–Trinajstić information content (AvgIpc) is 3.42. The molecule has 2 heterocycles. The number of hydrogen-bond donors (Lipinski definition) is 1. The second-order valence-corrected chi connectivity index (χ2v) is 11.6. The van der Waals surface area contributed by atoms with Crippen molar-refractivity contribution in [3.05, 3.63) is 59.7 Å². The summed E-state index contributed by atoms with van der Waals surface area (Å²) >= 11 is 0. The van der Waals surface area contributed by atoms with Crippen LogP contribution >= 0.6 is 0 Å². The second-order valence-electron chi connectivity index (χ2n) is 9.70. The van der Waals surface area contributed by atoms with E-state index >= 15 is 0 Å². The van der Waals surface area contributed by atoms with Gasteiger partial charge in [0.2, 0.25) is 10.0 Å². The van der Waals surface area contributed by atoms with Gasteiger partial charge >= 0.3 is 0 Å². The number of hydrogen-bond acceptors (Lipinski definition) is 6. The van der Waals surface area contributed by atoms with Crippen molar-refractivity contribution in [2.24, 2.45) is 5.92 Å². The summed E-state index contributed by atoms with van der Waals surface area (Å²) in [6.07, 6.45) is 4.11. The summed E-state index contributed by atoms with van der Waals surface area (Å²) in [5, 5.41) is 3.33. The lowest BCUT2D eigenvalue weighted by molar-refractivity contribution is 0.0987. The van der Waals surface area contributed by atoms with Gasteiger partial charge in [0.15, 0.2) is 5.78 Å². The van der Waals surface area contributed by atoms with Gasteiger partial charge in [-0.2, -0.15) is 4.31 Å². The van der Waals surface area contributed by atoms with Crippen molar-refractivity contribution < 1.29 is 17.9 Å². The minimum absolute atomic E-state index is 0.107. The lowest BCUT2D eigenvalue weighted by atomic mass is 10.0. The van der Waals surface area contributed by atoms with Gasteiger partial charge in [0.25, 0.3) is 0 Å². The lowest BCUT2D eigenvalue weighted by Gasteiger charge is -2.29. The maximum atomic E-state index is 13.1. The number of rotatable bonds is 10. The summed E-state index contributed by atoms with van der Waals surface area (Å²) in [7, 11) is -1.92. The van der Waals surface area contributed by atoms with Gasteiger partial charge in [-0.05, 0) is 74.5 Å². The van der Waals surface area contributed by atoms with Gasteiger partial charge in [0.1, 0.15) is 5.75 Å². The third-order valence-electron chi connectivity index (χ3n) is 7.24. The molecular weight excluding hydrogens is 462 g/mol. The largest absolute Gasteiger partial charge is 0.497 e. The molecule has 35 heavy (non-hydrogen) atoms. The number of nitrogens with zero attached hydrogens (tertiary/aromatic N) is 2. The van der Waals surface area contributed by atoms with Crippen LogP contribution in [0.3, 0.4) is 0 Å². The number of methoxy groups -OCH3 is 1. The third-order valence-corrected chi connectivity index (χ3v) is 9.14. The van der Waals surface area contributed by atoms with E-state index in [1.807, 2.05) is 12.1 Å². The maximum absolute atomic E-state index is 13.1. The van der Waals surface area contributed by atoms with E-state index in [9.17, 15) is 13.2 Å². The number of piperidine rings is 1. The van der Waals surface area contributed by atoms with E-state index in [2.05, 4.69) is 29.3 Å². The van der Waals surface area contributed by atoms with E-state index in [0.717, 1.165) is 31.7 Å². The van der Waals surface area contributed by atoms with Crippen molar-refractivity contribution in [3.63, 3.8) is 0 Å². The van der Waals surface area contributed by atoms with Gasteiger partial charge in [-0.25, -0.2) is 8.42 Å². The molecule has 2 aromatic rings. The van der Waals surface area contributed by atoms with Gasteiger partial charge in [0.05, 0.1) is 18.6 Å². The van der Waals surface area contributed by atoms with E-state index in [0.29, 0.717) is 31.1 Å². The molecule has 1 N–H and O–H groups in total. The van der Waals surface area contributed by atoms with E-state index in [1.54, 1.807) is 29.6 Å².